The largest absolute Gasteiger partial charge is 0.457 e. The number of ether oxygens (including phenoxy) is 1. The Morgan fingerprint density at radius 2 is 1.94 bits per heavy atom. The molecule has 84 valence electrons. The van der Waals surface area contributed by atoms with Crippen molar-refractivity contribution in [2.24, 2.45) is 0 Å². The molecule has 0 bridgehead atoms. The summed E-state index contributed by atoms with van der Waals surface area (Å²) in [4.78, 5) is 0. The number of aryl methyl sites for hydroxylation is 1. The van der Waals surface area contributed by atoms with Gasteiger partial charge in [0.1, 0.15) is 11.5 Å². The average molecular weight is 214 g/mol. The zero-order chi connectivity index (χ0) is 11.8. The molecule has 0 saturated heterocycles. The Morgan fingerprint density at radius 3 is 2.44 bits per heavy atom. The van der Waals surface area contributed by atoms with Gasteiger partial charge in [-0.25, -0.2) is 0 Å². The molecule has 0 aliphatic heterocycles. The molecule has 1 nitrogen and oxygen atoms in total. The van der Waals surface area contributed by atoms with Crippen molar-refractivity contribution in [1.29, 1.82) is 0 Å². The van der Waals surface area contributed by atoms with E-state index < -0.39 is 0 Å². The predicted molar refractivity (Wildman–Crippen MR) is 69.5 cm³/mol. The van der Waals surface area contributed by atoms with E-state index >= 15 is 0 Å². The first-order chi connectivity index (χ1) is 7.80. The molecule has 0 unspecified atom stereocenters. The lowest BCUT2D eigenvalue weighted by atomic mass is 10.1. The van der Waals surface area contributed by atoms with E-state index in [1.807, 2.05) is 12.1 Å². The van der Waals surface area contributed by atoms with E-state index in [1.165, 1.54) is 5.56 Å². The Morgan fingerprint density at radius 1 is 1.25 bits per heavy atom. The highest BCUT2D eigenvalue weighted by atomic mass is 16.5. The van der Waals surface area contributed by atoms with E-state index in [1.54, 1.807) is 18.2 Å². The van der Waals surface area contributed by atoms with Crippen molar-refractivity contribution in [3.63, 3.8) is 0 Å². The molecule has 1 aromatic rings. The van der Waals surface area contributed by atoms with Crippen LogP contribution in [0.1, 0.15) is 18.9 Å². The van der Waals surface area contributed by atoms with Gasteiger partial charge in [-0.3, -0.25) is 0 Å². The van der Waals surface area contributed by atoms with Crippen molar-refractivity contribution in [3.8, 4) is 5.75 Å². The molecular formula is C15H18O. The van der Waals surface area contributed by atoms with Crippen LogP contribution < -0.4 is 4.74 Å². The summed E-state index contributed by atoms with van der Waals surface area (Å²) in [5.41, 5.74) is 1.34. The molecule has 1 rings (SSSR count). The van der Waals surface area contributed by atoms with Crippen LogP contribution in [0.5, 0.6) is 5.75 Å². The van der Waals surface area contributed by atoms with Crippen LogP contribution in [0, 0.1) is 0 Å². The summed E-state index contributed by atoms with van der Waals surface area (Å²) >= 11 is 0. The van der Waals surface area contributed by atoms with Crippen molar-refractivity contribution in [3.05, 3.63) is 67.0 Å². The number of benzene rings is 1. The third-order valence-electron chi connectivity index (χ3n) is 2.18. The fraction of sp³-hybridized carbons (Fsp3) is 0.200. The van der Waals surface area contributed by atoms with Crippen molar-refractivity contribution >= 4 is 0 Å². The SMILES string of the molecule is C=C/C=C(\C=C)Oc1ccc(CCC)cc1. The Balaban J connectivity index is 2.70. The quantitative estimate of drug-likeness (QED) is 0.507. The summed E-state index contributed by atoms with van der Waals surface area (Å²) in [5.74, 6) is 1.53. The summed E-state index contributed by atoms with van der Waals surface area (Å²) in [6, 6.07) is 8.14. The molecule has 0 saturated carbocycles. The highest BCUT2D eigenvalue weighted by Crippen LogP contribution is 2.16. The van der Waals surface area contributed by atoms with Gasteiger partial charge in [0, 0.05) is 0 Å². The number of allylic oxidation sites excluding steroid dienone is 3. The molecule has 0 fully saturated rings. The van der Waals surface area contributed by atoms with Crippen molar-refractivity contribution < 1.29 is 4.74 Å². The van der Waals surface area contributed by atoms with Crippen LogP contribution in [-0.4, -0.2) is 0 Å². The first kappa shape index (κ1) is 12.3. The minimum atomic E-state index is 0.707. The van der Waals surface area contributed by atoms with E-state index in [2.05, 4.69) is 32.2 Å². The minimum Gasteiger partial charge on any atom is -0.457 e. The summed E-state index contributed by atoms with van der Waals surface area (Å²) in [7, 11) is 0. The van der Waals surface area contributed by atoms with Gasteiger partial charge in [0.2, 0.25) is 0 Å². The zero-order valence-electron chi connectivity index (χ0n) is 9.78. The smallest absolute Gasteiger partial charge is 0.127 e. The maximum atomic E-state index is 5.61. The standard InChI is InChI=1S/C15H18O/c1-4-7-13-9-11-15(12-10-13)16-14(6-3)8-5-2/h5-6,8-12H,2-4,7H2,1H3/b14-8+. The Bertz CT molecular complexity index is 371. The number of rotatable bonds is 6. The Hall–Kier alpha value is -1.76. The van der Waals surface area contributed by atoms with Gasteiger partial charge in [-0.05, 0) is 36.3 Å². The topological polar surface area (TPSA) is 9.23 Å². The third-order valence-corrected chi connectivity index (χ3v) is 2.18. The average Bonchev–Trinajstić information content (AvgIpc) is 2.31. The van der Waals surface area contributed by atoms with Gasteiger partial charge in [0.25, 0.3) is 0 Å². The molecule has 1 aromatic carbocycles. The van der Waals surface area contributed by atoms with Gasteiger partial charge < -0.3 is 4.74 Å². The van der Waals surface area contributed by atoms with E-state index in [0.29, 0.717) is 5.76 Å². The van der Waals surface area contributed by atoms with Crippen molar-refractivity contribution in [2.45, 2.75) is 19.8 Å². The summed E-state index contributed by atoms with van der Waals surface area (Å²) < 4.78 is 5.61. The molecule has 0 heterocycles. The van der Waals surface area contributed by atoms with Crippen LogP contribution in [0.2, 0.25) is 0 Å². The second-order valence-electron chi connectivity index (χ2n) is 3.50. The van der Waals surface area contributed by atoms with Gasteiger partial charge >= 0.3 is 0 Å². The number of hydrogen-bond donors (Lipinski definition) is 0. The highest BCUT2D eigenvalue weighted by molar-refractivity contribution is 5.30. The fourth-order valence-electron chi connectivity index (χ4n) is 1.41. The lowest BCUT2D eigenvalue weighted by Gasteiger charge is -2.06. The van der Waals surface area contributed by atoms with Crippen LogP contribution in [0.15, 0.2) is 61.4 Å². The highest BCUT2D eigenvalue weighted by Gasteiger charge is 1.96. The maximum absolute atomic E-state index is 5.61. The molecule has 0 atom stereocenters. The normalized spacial score (nSPS) is 10.9. The van der Waals surface area contributed by atoms with Gasteiger partial charge in [0.15, 0.2) is 0 Å². The van der Waals surface area contributed by atoms with Gasteiger partial charge in [-0.15, -0.1) is 0 Å². The van der Waals surface area contributed by atoms with Gasteiger partial charge in [-0.1, -0.05) is 44.7 Å². The van der Waals surface area contributed by atoms with Crippen LogP contribution >= 0.6 is 0 Å². The Kier molecular flexibility index (Phi) is 5.13. The maximum Gasteiger partial charge on any atom is 0.127 e. The van der Waals surface area contributed by atoms with Crippen molar-refractivity contribution in [1.82, 2.24) is 0 Å². The van der Waals surface area contributed by atoms with Crippen LogP contribution in [0.4, 0.5) is 0 Å². The van der Waals surface area contributed by atoms with E-state index in [0.717, 1.165) is 18.6 Å². The molecule has 0 N–H and O–H groups in total. The third kappa shape index (κ3) is 3.77. The van der Waals surface area contributed by atoms with Gasteiger partial charge in [-0.2, -0.15) is 0 Å². The minimum absolute atomic E-state index is 0.707. The van der Waals surface area contributed by atoms with Crippen molar-refractivity contribution in [2.75, 3.05) is 0 Å². The molecule has 16 heavy (non-hydrogen) atoms. The first-order valence-corrected chi connectivity index (χ1v) is 5.52. The number of hydrogen-bond acceptors (Lipinski definition) is 1. The second-order valence-corrected chi connectivity index (χ2v) is 3.50. The molecule has 1 heteroatoms. The molecular weight excluding hydrogens is 196 g/mol. The van der Waals surface area contributed by atoms with Crippen LogP contribution in [0.3, 0.4) is 0 Å². The zero-order valence-corrected chi connectivity index (χ0v) is 9.78. The van der Waals surface area contributed by atoms with Gasteiger partial charge in [0.05, 0.1) is 0 Å². The summed E-state index contributed by atoms with van der Waals surface area (Å²) in [6.45, 7) is 9.48. The van der Waals surface area contributed by atoms with E-state index in [4.69, 9.17) is 4.74 Å². The van der Waals surface area contributed by atoms with E-state index in [-0.39, 0.29) is 0 Å². The lowest BCUT2D eigenvalue weighted by molar-refractivity contribution is 0.444. The molecule has 0 aliphatic carbocycles. The summed E-state index contributed by atoms with van der Waals surface area (Å²) in [5, 5.41) is 0. The fourth-order valence-corrected chi connectivity index (χ4v) is 1.41. The molecule has 0 aliphatic rings. The molecule has 0 spiro atoms. The summed E-state index contributed by atoms with van der Waals surface area (Å²) in [6.07, 6.45) is 7.41. The molecule has 0 radical (unpaired) electrons. The second kappa shape index (κ2) is 6.67. The molecule has 0 aromatic heterocycles. The predicted octanol–water partition coefficient (Wildman–Crippen LogP) is 4.27. The van der Waals surface area contributed by atoms with Crippen LogP contribution in [0.25, 0.3) is 0 Å². The molecule has 0 amide bonds. The van der Waals surface area contributed by atoms with E-state index in [9.17, 15) is 0 Å². The van der Waals surface area contributed by atoms with Crippen LogP contribution in [-0.2, 0) is 6.42 Å². The monoisotopic (exact) mass is 214 g/mol. The first-order valence-electron chi connectivity index (χ1n) is 5.52. The Labute approximate surface area is 97.8 Å². The lowest BCUT2D eigenvalue weighted by Crippen LogP contribution is -1.92.